The van der Waals surface area contributed by atoms with Crippen LogP contribution in [-0.4, -0.2) is 25.0 Å². The Balaban J connectivity index is 2.33. The molecule has 0 aliphatic carbocycles. The lowest BCUT2D eigenvalue weighted by Crippen LogP contribution is -2.39. The molecule has 3 nitrogen and oxygen atoms in total. The van der Waals surface area contributed by atoms with Crippen molar-refractivity contribution in [2.45, 2.75) is 46.6 Å². The highest BCUT2D eigenvalue weighted by Crippen LogP contribution is 2.10. The van der Waals surface area contributed by atoms with Crippen LogP contribution >= 0.6 is 0 Å². The lowest BCUT2D eigenvalue weighted by molar-refractivity contribution is -0.118. The van der Waals surface area contributed by atoms with E-state index in [-0.39, 0.29) is 11.9 Å². The van der Waals surface area contributed by atoms with Crippen LogP contribution in [0, 0.1) is 5.92 Å². The molecule has 0 aromatic heterocycles. The Kier molecular flexibility index (Phi) is 5.00. The highest BCUT2D eigenvalue weighted by molar-refractivity contribution is 5.94. The van der Waals surface area contributed by atoms with Gasteiger partial charge in [0, 0.05) is 24.7 Å². The van der Waals surface area contributed by atoms with Crippen LogP contribution in [-0.2, 0) is 4.79 Å². The Bertz CT molecular complexity index is 276. The van der Waals surface area contributed by atoms with Crippen LogP contribution in [0.1, 0.15) is 40.5 Å². The number of carbonyl (C=O) groups is 1. The molecule has 1 amide bonds. The maximum absolute atomic E-state index is 11.8. The standard InChI is InChI=1S/C13H24N2O/c1-9(2)5-6-10(3)15-13(16)11(4)12-7-14-8-12/h9-10,14H,5-8H2,1-4H3,(H,15,16). The molecule has 1 unspecified atom stereocenters. The van der Waals surface area contributed by atoms with Gasteiger partial charge < -0.3 is 10.6 Å². The van der Waals surface area contributed by atoms with Crippen LogP contribution in [0.4, 0.5) is 0 Å². The van der Waals surface area contributed by atoms with Gasteiger partial charge in [-0.15, -0.1) is 0 Å². The van der Waals surface area contributed by atoms with Crippen molar-refractivity contribution < 1.29 is 4.79 Å². The Morgan fingerprint density at radius 3 is 2.38 bits per heavy atom. The number of amides is 1. The number of hydrogen-bond acceptors (Lipinski definition) is 2. The summed E-state index contributed by atoms with van der Waals surface area (Å²) in [6, 6.07) is 0.276. The van der Waals surface area contributed by atoms with Crippen LogP contribution in [0.15, 0.2) is 11.1 Å². The summed E-state index contributed by atoms with van der Waals surface area (Å²) in [6.07, 6.45) is 2.23. The van der Waals surface area contributed by atoms with E-state index >= 15 is 0 Å². The first-order chi connectivity index (χ1) is 7.50. The van der Waals surface area contributed by atoms with Gasteiger partial charge in [0.05, 0.1) is 0 Å². The molecule has 0 spiro atoms. The van der Waals surface area contributed by atoms with Crippen molar-refractivity contribution in [1.82, 2.24) is 10.6 Å². The highest BCUT2D eigenvalue weighted by Gasteiger charge is 2.17. The smallest absolute Gasteiger partial charge is 0.247 e. The molecule has 0 aromatic carbocycles. The lowest BCUT2D eigenvalue weighted by atomic mass is 10.0. The quantitative estimate of drug-likeness (QED) is 0.700. The van der Waals surface area contributed by atoms with E-state index in [4.69, 9.17) is 0 Å². The fourth-order valence-electron chi connectivity index (χ4n) is 1.66. The molecule has 0 aromatic rings. The largest absolute Gasteiger partial charge is 0.350 e. The SMILES string of the molecule is CC(C(=O)NC(C)CCC(C)C)=C1CNC1. The van der Waals surface area contributed by atoms with Gasteiger partial charge in [-0.05, 0) is 38.2 Å². The summed E-state index contributed by atoms with van der Waals surface area (Å²) in [5.41, 5.74) is 2.14. The molecule has 16 heavy (non-hydrogen) atoms. The molecule has 1 atom stereocenters. The topological polar surface area (TPSA) is 41.1 Å². The van der Waals surface area contributed by atoms with E-state index in [0.29, 0.717) is 5.92 Å². The fourth-order valence-corrected chi connectivity index (χ4v) is 1.66. The zero-order chi connectivity index (χ0) is 12.1. The van der Waals surface area contributed by atoms with Crippen LogP contribution < -0.4 is 10.6 Å². The van der Waals surface area contributed by atoms with Crippen LogP contribution in [0.3, 0.4) is 0 Å². The molecule has 92 valence electrons. The average Bonchev–Trinajstić information content (AvgIpc) is 2.11. The predicted molar refractivity (Wildman–Crippen MR) is 67.2 cm³/mol. The van der Waals surface area contributed by atoms with Gasteiger partial charge in [-0.25, -0.2) is 0 Å². The van der Waals surface area contributed by atoms with E-state index in [1.807, 2.05) is 6.92 Å². The summed E-state index contributed by atoms with van der Waals surface area (Å²) in [4.78, 5) is 11.8. The molecule has 1 heterocycles. The second-order valence-corrected chi connectivity index (χ2v) is 5.18. The van der Waals surface area contributed by atoms with E-state index in [0.717, 1.165) is 25.1 Å². The number of carbonyl (C=O) groups excluding carboxylic acids is 1. The number of nitrogens with one attached hydrogen (secondary N) is 2. The van der Waals surface area contributed by atoms with Gasteiger partial charge in [0.25, 0.3) is 0 Å². The third kappa shape index (κ3) is 3.97. The number of rotatable bonds is 5. The summed E-state index contributed by atoms with van der Waals surface area (Å²) in [7, 11) is 0. The zero-order valence-corrected chi connectivity index (χ0v) is 10.9. The third-order valence-corrected chi connectivity index (χ3v) is 3.10. The van der Waals surface area contributed by atoms with Crippen molar-refractivity contribution >= 4 is 5.91 Å². The summed E-state index contributed by atoms with van der Waals surface area (Å²) >= 11 is 0. The van der Waals surface area contributed by atoms with E-state index < -0.39 is 0 Å². The van der Waals surface area contributed by atoms with Gasteiger partial charge in [0.1, 0.15) is 0 Å². The summed E-state index contributed by atoms with van der Waals surface area (Å²) < 4.78 is 0. The van der Waals surface area contributed by atoms with Crippen molar-refractivity contribution in [3.05, 3.63) is 11.1 Å². The van der Waals surface area contributed by atoms with E-state index in [2.05, 4.69) is 31.4 Å². The summed E-state index contributed by atoms with van der Waals surface area (Å²) in [5.74, 6) is 0.808. The predicted octanol–water partition coefficient (Wildman–Crippen LogP) is 1.85. The molecule has 1 saturated heterocycles. The molecule has 0 bridgehead atoms. The van der Waals surface area contributed by atoms with E-state index in [1.54, 1.807) is 0 Å². The first-order valence-electron chi connectivity index (χ1n) is 6.21. The lowest BCUT2D eigenvalue weighted by Gasteiger charge is -2.22. The first kappa shape index (κ1) is 13.2. The van der Waals surface area contributed by atoms with Crippen LogP contribution in [0.2, 0.25) is 0 Å². The molecular weight excluding hydrogens is 200 g/mol. The normalized spacial score (nSPS) is 16.9. The number of hydrogen-bond donors (Lipinski definition) is 2. The molecule has 0 radical (unpaired) electrons. The monoisotopic (exact) mass is 224 g/mol. The van der Waals surface area contributed by atoms with Crippen molar-refractivity contribution in [2.75, 3.05) is 13.1 Å². The Labute approximate surface area is 98.7 Å². The minimum absolute atomic E-state index is 0.104. The molecule has 2 N–H and O–H groups in total. The second kappa shape index (κ2) is 6.04. The minimum Gasteiger partial charge on any atom is -0.350 e. The van der Waals surface area contributed by atoms with Gasteiger partial charge >= 0.3 is 0 Å². The molecular formula is C13H24N2O. The summed E-state index contributed by atoms with van der Waals surface area (Å²) in [5, 5.41) is 6.21. The van der Waals surface area contributed by atoms with Gasteiger partial charge in [0.15, 0.2) is 0 Å². The van der Waals surface area contributed by atoms with Gasteiger partial charge in [-0.2, -0.15) is 0 Å². The Morgan fingerprint density at radius 2 is 1.94 bits per heavy atom. The summed E-state index contributed by atoms with van der Waals surface area (Å²) in [6.45, 7) is 10.2. The van der Waals surface area contributed by atoms with Crippen molar-refractivity contribution in [3.8, 4) is 0 Å². The molecule has 3 heteroatoms. The molecule has 1 aliphatic heterocycles. The first-order valence-corrected chi connectivity index (χ1v) is 6.21. The van der Waals surface area contributed by atoms with Gasteiger partial charge in [-0.3, -0.25) is 4.79 Å². The van der Waals surface area contributed by atoms with E-state index in [1.165, 1.54) is 12.0 Å². The molecule has 0 saturated carbocycles. The molecule has 1 fully saturated rings. The van der Waals surface area contributed by atoms with Gasteiger partial charge in [-0.1, -0.05) is 13.8 Å². The van der Waals surface area contributed by atoms with Crippen LogP contribution in [0.25, 0.3) is 0 Å². The van der Waals surface area contributed by atoms with Crippen LogP contribution in [0.5, 0.6) is 0 Å². The fraction of sp³-hybridized carbons (Fsp3) is 0.769. The Hall–Kier alpha value is -0.830. The average molecular weight is 224 g/mol. The van der Waals surface area contributed by atoms with Crippen molar-refractivity contribution in [3.63, 3.8) is 0 Å². The maximum atomic E-state index is 11.8. The zero-order valence-electron chi connectivity index (χ0n) is 10.9. The minimum atomic E-state index is 0.104. The maximum Gasteiger partial charge on any atom is 0.247 e. The third-order valence-electron chi connectivity index (χ3n) is 3.10. The molecule has 1 rings (SSSR count). The van der Waals surface area contributed by atoms with Crippen molar-refractivity contribution in [2.24, 2.45) is 5.92 Å². The highest BCUT2D eigenvalue weighted by atomic mass is 16.1. The second-order valence-electron chi connectivity index (χ2n) is 5.18. The van der Waals surface area contributed by atoms with Gasteiger partial charge in [0.2, 0.25) is 5.91 Å². The van der Waals surface area contributed by atoms with Crippen molar-refractivity contribution in [1.29, 1.82) is 0 Å². The van der Waals surface area contributed by atoms with E-state index in [9.17, 15) is 4.79 Å². The Morgan fingerprint density at radius 1 is 1.31 bits per heavy atom. The molecule has 1 aliphatic rings.